The average molecular weight is 421 g/mol. The van der Waals surface area contributed by atoms with Gasteiger partial charge in [-0.1, -0.05) is 18.2 Å². The molecule has 3 heterocycles. The molecular formula is C22H19N3O6. The highest BCUT2D eigenvalue weighted by Gasteiger charge is 2.70. The Hall–Kier alpha value is -3.56. The third-order valence-corrected chi connectivity index (χ3v) is 6.18. The Bertz CT molecular complexity index is 1130. The number of aliphatic hydroxyl groups is 1. The van der Waals surface area contributed by atoms with Crippen molar-refractivity contribution in [2.45, 2.75) is 18.5 Å². The lowest BCUT2D eigenvalue weighted by Gasteiger charge is -2.29. The number of imide groups is 1. The number of hydrogen-bond donors (Lipinski definition) is 3. The molecule has 2 aromatic rings. The van der Waals surface area contributed by atoms with Crippen molar-refractivity contribution in [3.63, 3.8) is 0 Å². The van der Waals surface area contributed by atoms with E-state index in [-0.39, 0.29) is 5.75 Å². The van der Waals surface area contributed by atoms with Crippen LogP contribution in [0.5, 0.6) is 5.75 Å². The Morgan fingerprint density at radius 1 is 1.10 bits per heavy atom. The molecule has 0 radical (unpaired) electrons. The van der Waals surface area contributed by atoms with Crippen LogP contribution in [0, 0.1) is 11.8 Å². The summed E-state index contributed by atoms with van der Waals surface area (Å²) in [7, 11) is 0. The molecule has 0 saturated carbocycles. The summed E-state index contributed by atoms with van der Waals surface area (Å²) >= 11 is 0. The maximum atomic E-state index is 13.6. The van der Waals surface area contributed by atoms with Crippen LogP contribution in [0.1, 0.15) is 12.5 Å². The summed E-state index contributed by atoms with van der Waals surface area (Å²) < 4.78 is 5.00. The summed E-state index contributed by atoms with van der Waals surface area (Å²) in [4.78, 5) is 52.2. The minimum Gasteiger partial charge on any atom is -0.427 e. The Balaban J connectivity index is 1.58. The highest BCUT2D eigenvalue weighted by Crippen LogP contribution is 2.53. The molecule has 3 aliphatic rings. The van der Waals surface area contributed by atoms with Gasteiger partial charge in [0.2, 0.25) is 17.7 Å². The largest absolute Gasteiger partial charge is 0.427 e. The van der Waals surface area contributed by atoms with Crippen molar-refractivity contribution in [3.05, 3.63) is 54.1 Å². The minimum absolute atomic E-state index is 0.283. The second-order valence-electron chi connectivity index (χ2n) is 7.84. The number of amides is 3. The first-order valence-electron chi connectivity index (χ1n) is 9.84. The maximum absolute atomic E-state index is 13.6. The van der Waals surface area contributed by atoms with Gasteiger partial charge in [0, 0.05) is 24.2 Å². The third-order valence-electron chi connectivity index (χ3n) is 6.18. The second kappa shape index (κ2) is 6.73. The molecule has 9 heteroatoms. The van der Waals surface area contributed by atoms with Gasteiger partial charge in [-0.3, -0.25) is 24.5 Å². The first-order valence-corrected chi connectivity index (χ1v) is 9.84. The van der Waals surface area contributed by atoms with Gasteiger partial charge in [0.15, 0.2) is 0 Å². The molecule has 2 aromatic carbocycles. The summed E-state index contributed by atoms with van der Waals surface area (Å²) in [5, 5.41) is 15.8. The van der Waals surface area contributed by atoms with Crippen molar-refractivity contribution in [1.82, 2.24) is 5.32 Å². The number of fused-ring (bicyclic) bond motifs is 4. The van der Waals surface area contributed by atoms with Crippen LogP contribution >= 0.6 is 0 Å². The number of para-hydroxylation sites is 1. The van der Waals surface area contributed by atoms with Gasteiger partial charge in [0.25, 0.3) is 0 Å². The first kappa shape index (κ1) is 19.4. The number of ether oxygens (including phenoxy) is 1. The number of nitrogens with one attached hydrogen (secondary N) is 2. The zero-order valence-electron chi connectivity index (χ0n) is 16.5. The SMILES string of the molecule is CC(=O)Oc1ccc(N2C(=O)[C@@H]3C(CO)NC4(C(=O)Nc5ccccc54)[C@@H]3C2=O)cc1. The molecule has 3 aliphatic heterocycles. The normalized spacial score (nSPS) is 28.6. The van der Waals surface area contributed by atoms with Gasteiger partial charge < -0.3 is 15.2 Å². The topological polar surface area (TPSA) is 125 Å². The Labute approximate surface area is 177 Å². The molecule has 2 unspecified atom stereocenters. The van der Waals surface area contributed by atoms with Gasteiger partial charge in [-0.25, -0.2) is 4.90 Å². The molecule has 3 N–H and O–H groups in total. The number of anilines is 2. The van der Waals surface area contributed by atoms with Crippen molar-refractivity contribution in [3.8, 4) is 5.75 Å². The molecule has 2 fully saturated rings. The van der Waals surface area contributed by atoms with Crippen molar-refractivity contribution >= 4 is 35.1 Å². The molecule has 31 heavy (non-hydrogen) atoms. The van der Waals surface area contributed by atoms with Gasteiger partial charge >= 0.3 is 5.97 Å². The molecule has 0 aliphatic carbocycles. The monoisotopic (exact) mass is 421 g/mol. The average Bonchev–Trinajstić information content (AvgIpc) is 3.33. The molecule has 0 bridgehead atoms. The molecule has 0 aromatic heterocycles. The number of carbonyl (C=O) groups is 4. The van der Waals surface area contributed by atoms with E-state index in [1.807, 2.05) is 0 Å². The highest BCUT2D eigenvalue weighted by molar-refractivity contribution is 6.25. The van der Waals surface area contributed by atoms with Crippen LogP contribution in [0.2, 0.25) is 0 Å². The third kappa shape index (κ3) is 2.57. The molecular weight excluding hydrogens is 402 g/mol. The molecule has 1 spiro atoms. The standard InChI is InChI=1S/C22H19N3O6/c1-11(27)31-13-8-6-12(7-9-13)25-19(28)17-16(10-26)24-22(18(17)20(25)29)14-4-2-3-5-15(14)23-21(22)30/h2-9,16-18,24,26H,10H2,1H3,(H,23,30)/t16?,17-,18+,22?/m1/s1. The van der Waals surface area contributed by atoms with Crippen molar-refractivity contribution < 1.29 is 29.0 Å². The van der Waals surface area contributed by atoms with Gasteiger partial charge in [-0.05, 0) is 30.3 Å². The van der Waals surface area contributed by atoms with Crippen LogP contribution in [-0.4, -0.2) is 41.4 Å². The van der Waals surface area contributed by atoms with Crippen LogP contribution in [0.25, 0.3) is 0 Å². The smallest absolute Gasteiger partial charge is 0.308 e. The molecule has 3 amide bonds. The maximum Gasteiger partial charge on any atom is 0.308 e. The van der Waals surface area contributed by atoms with Crippen LogP contribution < -0.4 is 20.3 Å². The Morgan fingerprint density at radius 3 is 2.48 bits per heavy atom. The van der Waals surface area contributed by atoms with Crippen molar-refractivity contribution in [1.29, 1.82) is 0 Å². The predicted molar refractivity (Wildman–Crippen MR) is 108 cm³/mol. The van der Waals surface area contributed by atoms with E-state index >= 15 is 0 Å². The van der Waals surface area contributed by atoms with E-state index in [0.717, 1.165) is 4.90 Å². The van der Waals surface area contributed by atoms with Crippen LogP contribution in [-0.2, 0) is 24.7 Å². The lowest BCUT2D eigenvalue weighted by Crippen LogP contribution is -2.53. The Morgan fingerprint density at radius 2 is 1.81 bits per heavy atom. The summed E-state index contributed by atoms with van der Waals surface area (Å²) in [6.45, 7) is 0.866. The Kier molecular flexibility index (Phi) is 4.21. The predicted octanol–water partition coefficient (Wildman–Crippen LogP) is 0.529. The molecule has 2 saturated heterocycles. The number of carbonyl (C=O) groups excluding carboxylic acids is 4. The van der Waals surface area contributed by atoms with E-state index in [4.69, 9.17) is 4.74 Å². The van der Waals surface area contributed by atoms with Crippen LogP contribution in [0.4, 0.5) is 11.4 Å². The summed E-state index contributed by atoms with van der Waals surface area (Å²) in [6.07, 6.45) is 0. The van der Waals surface area contributed by atoms with Gasteiger partial charge in [-0.2, -0.15) is 0 Å². The molecule has 158 valence electrons. The van der Waals surface area contributed by atoms with Crippen molar-refractivity contribution in [2.24, 2.45) is 11.8 Å². The second-order valence-corrected chi connectivity index (χ2v) is 7.84. The summed E-state index contributed by atoms with van der Waals surface area (Å²) in [5.41, 5.74) is 0.0214. The number of aliphatic hydroxyl groups excluding tert-OH is 1. The number of nitrogens with zero attached hydrogens (tertiary/aromatic N) is 1. The fourth-order valence-electron chi connectivity index (χ4n) is 5.00. The lowest BCUT2D eigenvalue weighted by atomic mass is 9.76. The molecule has 9 nitrogen and oxygen atoms in total. The summed E-state index contributed by atoms with van der Waals surface area (Å²) in [5.74, 6) is -3.54. The van der Waals surface area contributed by atoms with E-state index in [1.54, 1.807) is 24.3 Å². The highest BCUT2D eigenvalue weighted by atomic mass is 16.5. The van der Waals surface area contributed by atoms with E-state index < -0.39 is 53.7 Å². The zero-order chi connectivity index (χ0) is 21.9. The number of benzene rings is 2. The van der Waals surface area contributed by atoms with E-state index in [2.05, 4.69) is 10.6 Å². The summed E-state index contributed by atoms with van der Waals surface area (Å²) in [6, 6.07) is 12.2. The van der Waals surface area contributed by atoms with Crippen LogP contribution in [0.3, 0.4) is 0 Å². The number of hydrogen-bond acceptors (Lipinski definition) is 7. The number of esters is 1. The fourth-order valence-corrected chi connectivity index (χ4v) is 5.00. The van der Waals surface area contributed by atoms with Gasteiger partial charge in [0.05, 0.1) is 24.1 Å². The quantitative estimate of drug-likeness (QED) is 0.375. The van der Waals surface area contributed by atoms with E-state index in [0.29, 0.717) is 16.9 Å². The minimum atomic E-state index is -1.44. The van der Waals surface area contributed by atoms with Crippen molar-refractivity contribution in [2.75, 3.05) is 16.8 Å². The van der Waals surface area contributed by atoms with Crippen LogP contribution in [0.15, 0.2) is 48.5 Å². The fraction of sp³-hybridized carbons (Fsp3) is 0.273. The lowest BCUT2D eigenvalue weighted by molar-refractivity contribution is -0.132. The van der Waals surface area contributed by atoms with Gasteiger partial charge in [-0.15, -0.1) is 0 Å². The molecule has 5 rings (SSSR count). The first-order chi connectivity index (χ1) is 14.9. The van der Waals surface area contributed by atoms with Gasteiger partial charge in [0.1, 0.15) is 11.3 Å². The zero-order valence-corrected chi connectivity index (χ0v) is 16.5. The molecule has 4 atom stereocenters. The van der Waals surface area contributed by atoms with E-state index in [9.17, 15) is 24.3 Å². The number of rotatable bonds is 3. The van der Waals surface area contributed by atoms with E-state index in [1.165, 1.54) is 31.2 Å².